The number of rotatable bonds is 0. The topological polar surface area (TPSA) is 94.2 Å². The van der Waals surface area contributed by atoms with Gasteiger partial charge in [0, 0.05) is 23.2 Å². The lowest BCUT2D eigenvalue weighted by molar-refractivity contribution is -0.229. The first kappa shape index (κ1) is 24.6. The summed E-state index contributed by atoms with van der Waals surface area (Å²) in [4.78, 5) is 27.9. The molecule has 1 aliphatic heterocycles. The first-order chi connectivity index (χ1) is 16.6. The minimum Gasteiger partial charge on any atom is -0.343 e. The number of hydrogen-bond acceptors (Lipinski definition) is 5. The largest absolute Gasteiger partial charge is 0.343 e. The Balaban J connectivity index is 1.47. The summed E-state index contributed by atoms with van der Waals surface area (Å²) in [6.07, 6.45) is 6.62. The molecule has 0 N–H and O–H groups in total. The van der Waals surface area contributed by atoms with E-state index in [1.807, 2.05) is 13.8 Å². The number of ether oxygens (including phenoxy) is 1. The van der Waals surface area contributed by atoms with Crippen LogP contribution in [0.1, 0.15) is 99.8 Å². The average Bonchev–Trinajstić information content (AvgIpc) is 3.56. The van der Waals surface area contributed by atoms with Gasteiger partial charge < -0.3 is 4.74 Å². The minimum absolute atomic E-state index is 0.0660. The van der Waals surface area contributed by atoms with Crippen LogP contribution in [0.15, 0.2) is 0 Å². The van der Waals surface area contributed by atoms with Crippen LogP contribution >= 0.6 is 0 Å². The molecule has 6 fully saturated rings. The molecule has 194 valence electrons. The SMILES string of the molecule is CC1(C)CCC2(C#N)CCC3(C)C(C(=O)CC4C5(C)C(CCC43C)C(C)(C)C(=O)C3(C#N)OC35)C2C1. The highest BCUT2D eigenvalue weighted by atomic mass is 16.6. The van der Waals surface area contributed by atoms with Crippen molar-refractivity contribution in [2.75, 3.05) is 0 Å². The first-order valence-electron chi connectivity index (χ1n) is 14.2. The summed E-state index contributed by atoms with van der Waals surface area (Å²) >= 11 is 0. The van der Waals surface area contributed by atoms with E-state index < -0.39 is 22.5 Å². The Morgan fingerprint density at radius 2 is 1.50 bits per heavy atom. The van der Waals surface area contributed by atoms with Crippen LogP contribution < -0.4 is 0 Å². The Hall–Kier alpha value is -1.72. The van der Waals surface area contributed by atoms with Crippen molar-refractivity contribution >= 4 is 11.6 Å². The van der Waals surface area contributed by atoms with Crippen molar-refractivity contribution in [1.29, 1.82) is 10.5 Å². The van der Waals surface area contributed by atoms with Crippen molar-refractivity contribution in [3.05, 3.63) is 0 Å². The number of Topliss-reactive ketones (excluding diaryl/α,β-unsaturated/α-hetero) is 2. The monoisotopic (exact) mass is 490 g/mol. The first-order valence-corrected chi connectivity index (χ1v) is 14.2. The maximum atomic E-state index is 14.4. The molecule has 6 rings (SSSR count). The second kappa shape index (κ2) is 6.64. The molecule has 0 bridgehead atoms. The van der Waals surface area contributed by atoms with Gasteiger partial charge >= 0.3 is 0 Å². The van der Waals surface area contributed by atoms with Crippen molar-refractivity contribution in [1.82, 2.24) is 0 Å². The van der Waals surface area contributed by atoms with E-state index in [-0.39, 0.29) is 51.1 Å². The molecule has 1 saturated heterocycles. The molecule has 10 unspecified atom stereocenters. The lowest BCUT2D eigenvalue weighted by Gasteiger charge is -2.71. The van der Waals surface area contributed by atoms with Crippen LogP contribution in [0, 0.1) is 78.8 Å². The zero-order valence-corrected chi connectivity index (χ0v) is 23.2. The van der Waals surface area contributed by atoms with Crippen molar-refractivity contribution in [3.63, 3.8) is 0 Å². The Morgan fingerprint density at radius 3 is 2.14 bits per heavy atom. The molecular formula is C31H42N2O3. The number of hydrogen-bond donors (Lipinski definition) is 0. The molecule has 36 heavy (non-hydrogen) atoms. The number of carbonyl (C=O) groups excluding carboxylic acids is 2. The van der Waals surface area contributed by atoms with Crippen LogP contribution in [-0.4, -0.2) is 23.3 Å². The molecule has 1 heterocycles. The maximum absolute atomic E-state index is 14.4. The predicted octanol–water partition coefficient (Wildman–Crippen LogP) is 6.02. The Bertz CT molecular complexity index is 1160. The third-order valence-electron chi connectivity index (χ3n) is 13.6. The van der Waals surface area contributed by atoms with E-state index in [2.05, 4.69) is 46.8 Å². The van der Waals surface area contributed by atoms with Crippen LogP contribution in [0.2, 0.25) is 0 Å². The lowest BCUT2D eigenvalue weighted by Crippen LogP contribution is -2.71. The van der Waals surface area contributed by atoms with Crippen molar-refractivity contribution < 1.29 is 14.3 Å². The predicted molar refractivity (Wildman–Crippen MR) is 134 cm³/mol. The van der Waals surface area contributed by atoms with Gasteiger partial charge in [-0.3, -0.25) is 9.59 Å². The maximum Gasteiger partial charge on any atom is 0.240 e. The fourth-order valence-corrected chi connectivity index (χ4v) is 11.4. The van der Waals surface area contributed by atoms with Crippen LogP contribution in [0.3, 0.4) is 0 Å². The second-order valence-electron chi connectivity index (χ2n) is 15.6. The summed E-state index contributed by atoms with van der Waals surface area (Å²) in [6, 6.07) is 5.03. The van der Waals surface area contributed by atoms with Gasteiger partial charge in [-0.15, -0.1) is 0 Å². The van der Waals surface area contributed by atoms with Gasteiger partial charge in [0.15, 0.2) is 5.78 Å². The number of nitriles is 2. The third-order valence-corrected chi connectivity index (χ3v) is 13.6. The van der Waals surface area contributed by atoms with Crippen LogP contribution in [0.5, 0.6) is 0 Å². The Kier molecular flexibility index (Phi) is 4.54. The zero-order chi connectivity index (χ0) is 26.3. The van der Waals surface area contributed by atoms with Crippen LogP contribution in [0.4, 0.5) is 0 Å². The number of nitrogens with zero attached hydrogens (tertiary/aromatic N) is 2. The summed E-state index contributed by atoms with van der Waals surface area (Å²) in [5.74, 6) is 0.429. The lowest BCUT2D eigenvalue weighted by atomic mass is 9.31. The molecule has 6 aliphatic rings. The number of fused-ring (bicyclic) bond motifs is 9. The summed E-state index contributed by atoms with van der Waals surface area (Å²) in [6.45, 7) is 15.6. The molecule has 0 aromatic heterocycles. The summed E-state index contributed by atoms with van der Waals surface area (Å²) < 4.78 is 6.11. The molecular weight excluding hydrogens is 448 g/mol. The van der Waals surface area contributed by atoms with Gasteiger partial charge in [0.25, 0.3) is 0 Å². The quantitative estimate of drug-likeness (QED) is 0.387. The molecule has 0 aromatic carbocycles. The van der Waals surface area contributed by atoms with Crippen LogP contribution in [0.25, 0.3) is 0 Å². The molecule has 5 saturated carbocycles. The normalized spacial score (nSPS) is 56.0. The van der Waals surface area contributed by atoms with Gasteiger partial charge in [0.2, 0.25) is 5.60 Å². The van der Waals surface area contributed by atoms with Gasteiger partial charge in [-0.25, -0.2) is 0 Å². The van der Waals surface area contributed by atoms with Gasteiger partial charge in [0.1, 0.15) is 18.0 Å². The van der Waals surface area contributed by atoms with Gasteiger partial charge in [-0.1, -0.05) is 48.5 Å². The van der Waals surface area contributed by atoms with Crippen molar-refractivity contribution in [3.8, 4) is 12.1 Å². The molecule has 0 radical (unpaired) electrons. The van der Waals surface area contributed by atoms with Gasteiger partial charge in [-0.2, -0.15) is 10.5 Å². The average molecular weight is 491 g/mol. The van der Waals surface area contributed by atoms with Crippen molar-refractivity contribution in [2.24, 2.45) is 56.2 Å². The second-order valence-corrected chi connectivity index (χ2v) is 15.6. The van der Waals surface area contributed by atoms with Gasteiger partial charge in [-0.05, 0) is 78.9 Å². The fraction of sp³-hybridized carbons (Fsp3) is 0.871. The van der Waals surface area contributed by atoms with E-state index in [4.69, 9.17) is 4.74 Å². The number of epoxide rings is 1. The van der Waals surface area contributed by atoms with E-state index >= 15 is 0 Å². The minimum atomic E-state index is -1.34. The molecule has 10 atom stereocenters. The molecule has 5 nitrogen and oxygen atoms in total. The molecule has 5 heteroatoms. The Labute approximate surface area is 216 Å². The molecule has 0 aromatic rings. The van der Waals surface area contributed by atoms with E-state index in [0.717, 1.165) is 44.9 Å². The summed E-state index contributed by atoms with van der Waals surface area (Å²) in [5.41, 5.74) is -2.95. The third kappa shape index (κ3) is 2.46. The highest BCUT2D eigenvalue weighted by Crippen LogP contribution is 2.78. The number of ketones is 2. The van der Waals surface area contributed by atoms with E-state index in [1.165, 1.54) is 0 Å². The van der Waals surface area contributed by atoms with Crippen molar-refractivity contribution in [2.45, 2.75) is 112 Å². The van der Waals surface area contributed by atoms with E-state index in [1.54, 1.807) is 0 Å². The number of carbonyl (C=O) groups is 2. The highest BCUT2D eigenvalue weighted by Gasteiger charge is 2.83. The molecule has 5 aliphatic carbocycles. The zero-order valence-electron chi connectivity index (χ0n) is 23.2. The van der Waals surface area contributed by atoms with E-state index in [0.29, 0.717) is 12.2 Å². The fourth-order valence-electron chi connectivity index (χ4n) is 11.4. The summed E-state index contributed by atoms with van der Waals surface area (Å²) in [5, 5.41) is 20.5. The smallest absolute Gasteiger partial charge is 0.240 e. The standard InChI is InChI=1S/C31H42N2O3/c1-25(2)10-12-30(16-32)13-11-28(6)22(18(30)15-25)19(34)14-21-27(28,5)9-8-20-26(3,4)23(35)31(17-33)24(36-31)29(20,21)7/h18,20-22,24H,8-15H2,1-7H3. The molecule has 0 amide bonds. The summed E-state index contributed by atoms with van der Waals surface area (Å²) in [7, 11) is 0. The highest BCUT2D eigenvalue weighted by molar-refractivity contribution is 5.99. The molecule has 0 spiro atoms. The van der Waals surface area contributed by atoms with Crippen LogP contribution in [-0.2, 0) is 14.3 Å². The van der Waals surface area contributed by atoms with E-state index in [9.17, 15) is 20.1 Å². The van der Waals surface area contributed by atoms with Gasteiger partial charge in [0.05, 0.1) is 11.5 Å². The Morgan fingerprint density at radius 1 is 0.833 bits per heavy atom.